The molecule has 0 fully saturated rings. The molecular weight excluding hydrogens is 308 g/mol. The maximum atomic E-state index is 9.67. The molecule has 3 aromatic carbocycles. The van der Waals surface area contributed by atoms with Crippen LogP contribution in [-0.2, 0) is 0 Å². The molecule has 2 nitrogen and oxygen atoms in total. The van der Waals surface area contributed by atoms with E-state index in [1.165, 1.54) is 0 Å². The second-order valence-corrected chi connectivity index (χ2v) is 5.79. The highest BCUT2D eigenvalue weighted by atomic mass is 16.5. The monoisotopic (exact) mass is 330 g/mol. The van der Waals surface area contributed by atoms with Gasteiger partial charge in [0.25, 0.3) is 0 Å². The van der Waals surface area contributed by atoms with Crippen molar-refractivity contribution in [3.05, 3.63) is 102 Å². The SMILES string of the molecule is COc1ccc(C(=C(CCO)c2ccccc2)c2ccccc2)cc1. The molecule has 0 saturated heterocycles. The zero-order valence-corrected chi connectivity index (χ0v) is 14.4. The van der Waals surface area contributed by atoms with Gasteiger partial charge in [0.2, 0.25) is 0 Å². The topological polar surface area (TPSA) is 29.5 Å². The first-order valence-electron chi connectivity index (χ1n) is 8.42. The Kier molecular flexibility index (Phi) is 5.65. The summed E-state index contributed by atoms with van der Waals surface area (Å²) in [7, 11) is 1.67. The average Bonchev–Trinajstić information content (AvgIpc) is 2.69. The highest BCUT2D eigenvalue weighted by Crippen LogP contribution is 2.34. The summed E-state index contributed by atoms with van der Waals surface area (Å²) in [6.07, 6.45) is 0.597. The van der Waals surface area contributed by atoms with Crippen LogP contribution in [0.5, 0.6) is 5.75 Å². The lowest BCUT2D eigenvalue weighted by molar-refractivity contribution is 0.305. The molecule has 0 saturated carbocycles. The third-order valence-electron chi connectivity index (χ3n) is 4.23. The molecule has 3 aromatic rings. The van der Waals surface area contributed by atoms with Gasteiger partial charge in [0.05, 0.1) is 7.11 Å². The van der Waals surface area contributed by atoms with Crippen LogP contribution in [0, 0.1) is 0 Å². The number of rotatable bonds is 6. The Morgan fingerprint density at radius 1 is 0.720 bits per heavy atom. The number of methoxy groups -OCH3 is 1. The summed E-state index contributed by atoms with van der Waals surface area (Å²) in [6, 6.07) is 28.7. The van der Waals surface area contributed by atoms with E-state index in [9.17, 15) is 5.11 Å². The smallest absolute Gasteiger partial charge is 0.118 e. The van der Waals surface area contributed by atoms with Crippen LogP contribution in [0.25, 0.3) is 11.1 Å². The lowest BCUT2D eigenvalue weighted by atomic mass is 9.88. The number of benzene rings is 3. The molecule has 25 heavy (non-hydrogen) atoms. The van der Waals surface area contributed by atoms with Gasteiger partial charge in [-0.1, -0.05) is 72.8 Å². The van der Waals surface area contributed by atoms with Crippen molar-refractivity contribution in [1.29, 1.82) is 0 Å². The van der Waals surface area contributed by atoms with Gasteiger partial charge >= 0.3 is 0 Å². The highest BCUT2D eigenvalue weighted by molar-refractivity contribution is 5.98. The van der Waals surface area contributed by atoms with Gasteiger partial charge in [0.1, 0.15) is 5.75 Å². The summed E-state index contributed by atoms with van der Waals surface area (Å²) in [5.74, 6) is 0.833. The van der Waals surface area contributed by atoms with Crippen LogP contribution in [0.3, 0.4) is 0 Å². The molecule has 0 aliphatic heterocycles. The lowest BCUT2D eigenvalue weighted by Gasteiger charge is -2.17. The van der Waals surface area contributed by atoms with Gasteiger partial charge in [0.15, 0.2) is 0 Å². The van der Waals surface area contributed by atoms with Gasteiger partial charge in [-0.2, -0.15) is 0 Å². The van der Waals surface area contributed by atoms with E-state index in [0.717, 1.165) is 33.6 Å². The van der Waals surface area contributed by atoms with E-state index in [4.69, 9.17) is 4.74 Å². The minimum Gasteiger partial charge on any atom is -0.497 e. The Morgan fingerprint density at radius 3 is 1.76 bits per heavy atom. The first-order chi connectivity index (χ1) is 12.3. The van der Waals surface area contributed by atoms with Gasteiger partial charge in [-0.3, -0.25) is 0 Å². The van der Waals surface area contributed by atoms with Crippen molar-refractivity contribution >= 4 is 11.1 Å². The Hall–Kier alpha value is -2.84. The standard InChI is InChI=1S/C23H22O2/c1-25-21-14-12-20(13-15-21)23(19-10-6-3-7-11-19)22(16-17-24)18-8-4-2-5-9-18/h2-15,24H,16-17H2,1H3. The van der Waals surface area contributed by atoms with Crippen molar-refractivity contribution < 1.29 is 9.84 Å². The van der Waals surface area contributed by atoms with E-state index in [1.807, 2.05) is 48.5 Å². The van der Waals surface area contributed by atoms with Gasteiger partial charge in [0, 0.05) is 6.61 Å². The molecule has 0 radical (unpaired) electrons. The molecule has 0 atom stereocenters. The molecule has 0 amide bonds. The van der Waals surface area contributed by atoms with Gasteiger partial charge < -0.3 is 9.84 Å². The molecule has 3 rings (SSSR count). The number of hydrogen-bond donors (Lipinski definition) is 1. The molecular formula is C23H22O2. The van der Waals surface area contributed by atoms with Crippen LogP contribution >= 0.6 is 0 Å². The molecule has 0 spiro atoms. The summed E-state index contributed by atoms with van der Waals surface area (Å²) in [4.78, 5) is 0. The third kappa shape index (κ3) is 3.98. The Bertz CT molecular complexity index is 819. The molecule has 0 aromatic heterocycles. The highest BCUT2D eigenvalue weighted by Gasteiger charge is 2.13. The minimum absolute atomic E-state index is 0.108. The normalized spacial score (nSPS) is 11.8. The van der Waals surface area contributed by atoms with Crippen LogP contribution < -0.4 is 4.74 Å². The molecule has 0 unspecified atom stereocenters. The largest absolute Gasteiger partial charge is 0.497 e. The van der Waals surface area contributed by atoms with E-state index in [2.05, 4.69) is 36.4 Å². The fraction of sp³-hybridized carbons (Fsp3) is 0.130. The van der Waals surface area contributed by atoms with E-state index >= 15 is 0 Å². The Morgan fingerprint density at radius 2 is 1.24 bits per heavy atom. The van der Waals surface area contributed by atoms with E-state index < -0.39 is 0 Å². The van der Waals surface area contributed by atoms with Crippen molar-refractivity contribution in [3.8, 4) is 5.75 Å². The predicted octanol–water partition coefficient (Wildman–Crippen LogP) is 5.04. The summed E-state index contributed by atoms with van der Waals surface area (Å²) in [6.45, 7) is 0.108. The second-order valence-electron chi connectivity index (χ2n) is 5.79. The van der Waals surface area contributed by atoms with Gasteiger partial charge in [-0.15, -0.1) is 0 Å². The van der Waals surface area contributed by atoms with Crippen molar-refractivity contribution in [1.82, 2.24) is 0 Å². The van der Waals surface area contributed by atoms with Crippen molar-refractivity contribution in [2.45, 2.75) is 6.42 Å². The van der Waals surface area contributed by atoms with Gasteiger partial charge in [-0.05, 0) is 46.4 Å². The maximum Gasteiger partial charge on any atom is 0.118 e. The first-order valence-corrected chi connectivity index (χ1v) is 8.42. The molecule has 126 valence electrons. The summed E-state index contributed by atoms with van der Waals surface area (Å²) < 4.78 is 5.29. The Balaban J connectivity index is 2.23. The molecule has 0 aliphatic carbocycles. The fourth-order valence-corrected chi connectivity index (χ4v) is 3.04. The molecule has 0 aliphatic rings. The number of ether oxygens (including phenoxy) is 1. The average molecular weight is 330 g/mol. The summed E-state index contributed by atoms with van der Waals surface area (Å²) >= 11 is 0. The zero-order valence-electron chi connectivity index (χ0n) is 14.4. The van der Waals surface area contributed by atoms with Crippen molar-refractivity contribution in [2.75, 3.05) is 13.7 Å². The van der Waals surface area contributed by atoms with Crippen LogP contribution in [0.2, 0.25) is 0 Å². The van der Waals surface area contributed by atoms with Crippen LogP contribution in [0.1, 0.15) is 23.1 Å². The van der Waals surface area contributed by atoms with Crippen molar-refractivity contribution in [3.63, 3.8) is 0 Å². The lowest BCUT2D eigenvalue weighted by Crippen LogP contribution is -1.98. The summed E-state index contributed by atoms with van der Waals surface area (Å²) in [5.41, 5.74) is 5.66. The zero-order chi connectivity index (χ0) is 17.5. The number of hydrogen-bond acceptors (Lipinski definition) is 2. The number of aliphatic hydroxyl groups excluding tert-OH is 1. The first kappa shape index (κ1) is 17.0. The number of aliphatic hydroxyl groups is 1. The predicted molar refractivity (Wildman–Crippen MR) is 103 cm³/mol. The van der Waals surface area contributed by atoms with Crippen LogP contribution in [0.4, 0.5) is 0 Å². The van der Waals surface area contributed by atoms with Crippen LogP contribution in [-0.4, -0.2) is 18.8 Å². The summed E-state index contributed by atoms with van der Waals surface area (Å²) in [5, 5.41) is 9.67. The maximum absolute atomic E-state index is 9.67. The Labute approximate surface area is 149 Å². The van der Waals surface area contributed by atoms with E-state index in [1.54, 1.807) is 7.11 Å². The van der Waals surface area contributed by atoms with Crippen LogP contribution in [0.15, 0.2) is 84.9 Å². The molecule has 0 bridgehead atoms. The molecule has 2 heteroatoms. The van der Waals surface area contributed by atoms with E-state index in [0.29, 0.717) is 6.42 Å². The molecule has 1 N–H and O–H groups in total. The quantitative estimate of drug-likeness (QED) is 0.642. The molecule has 0 heterocycles. The van der Waals surface area contributed by atoms with Gasteiger partial charge in [-0.25, -0.2) is 0 Å². The van der Waals surface area contributed by atoms with Crippen molar-refractivity contribution in [2.24, 2.45) is 0 Å². The second kappa shape index (κ2) is 8.32. The fourth-order valence-electron chi connectivity index (χ4n) is 3.04. The minimum atomic E-state index is 0.108. The van der Waals surface area contributed by atoms with E-state index in [-0.39, 0.29) is 6.61 Å². The third-order valence-corrected chi connectivity index (χ3v) is 4.23.